The minimum absolute atomic E-state index is 0.0413. The molecule has 5 aromatic rings. The Kier molecular flexibility index (Phi) is 9.07. The lowest BCUT2D eigenvalue weighted by Crippen LogP contribution is -2.32. The van der Waals surface area contributed by atoms with E-state index in [2.05, 4.69) is 38.9 Å². The number of nitrogen functional groups attached to an aromatic ring is 1. The first-order valence-corrected chi connectivity index (χ1v) is 14.3. The molecule has 0 bridgehead atoms. The Hall–Kier alpha value is -5.73. The van der Waals surface area contributed by atoms with Crippen LogP contribution < -0.4 is 16.6 Å². The summed E-state index contributed by atoms with van der Waals surface area (Å²) in [6, 6.07) is 16.1. The van der Waals surface area contributed by atoms with E-state index in [0.717, 1.165) is 11.3 Å². The molecule has 1 unspecified atom stereocenters. The number of carbonyl (C=O) groups excluding carboxylic acids is 1. The highest BCUT2D eigenvalue weighted by Gasteiger charge is 2.25. The number of carbonyl (C=O) groups is 1. The van der Waals surface area contributed by atoms with Gasteiger partial charge >= 0.3 is 0 Å². The van der Waals surface area contributed by atoms with Gasteiger partial charge in [-0.25, -0.2) is 9.67 Å². The second-order valence-electron chi connectivity index (χ2n) is 10.4. The number of hydrogen-bond acceptors (Lipinski definition) is 7. The van der Waals surface area contributed by atoms with Crippen molar-refractivity contribution in [1.29, 1.82) is 0 Å². The van der Waals surface area contributed by atoms with Crippen LogP contribution in [0.25, 0.3) is 16.5 Å². The molecule has 3 aromatic heterocycles. The van der Waals surface area contributed by atoms with Gasteiger partial charge in [0.05, 0.1) is 35.5 Å². The summed E-state index contributed by atoms with van der Waals surface area (Å²) >= 11 is 0. The number of fused-ring (bicyclic) bond motifs is 1. The van der Waals surface area contributed by atoms with E-state index in [1.54, 1.807) is 29.6 Å². The van der Waals surface area contributed by atoms with Gasteiger partial charge in [0, 0.05) is 50.8 Å². The zero-order valence-electron chi connectivity index (χ0n) is 25.6. The van der Waals surface area contributed by atoms with Gasteiger partial charge in [0.25, 0.3) is 11.5 Å². The van der Waals surface area contributed by atoms with Crippen LogP contribution in [0.15, 0.2) is 83.2 Å². The van der Waals surface area contributed by atoms with E-state index in [4.69, 9.17) is 10.5 Å². The molecule has 0 saturated heterocycles. The van der Waals surface area contributed by atoms with Crippen LogP contribution in [0.2, 0.25) is 0 Å². The van der Waals surface area contributed by atoms with E-state index in [-0.39, 0.29) is 16.9 Å². The van der Waals surface area contributed by atoms with Gasteiger partial charge < -0.3 is 15.8 Å². The molecule has 0 spiro atoms. The van der Waals surface area contributed by atoms with E-state index in [1.165, 1.54) is 17.0 Å². The molecule has 3 N–H and O–H groups in total. The molecule has 2 aromatic carbocycles. The number of allylic oxidation sites excluding steroid dienone is 1. The molecular weight excluding hydrogens is 568 g/mol. The summed E-state index contributed by atoms with van der Waals surface area (Å²) in [7, 11) is 5.17. The molecule has 0 aliphatic carbocycles. The first-order chi connectivity index (χ1) is 21.7. The number of aliphatic imine (C=N–C) groups is 1. The molecule has 0 fully saturated rings. The average molecular weight is 603 g/mol. The number of rotatable bonds is 9. The summed E-state index contributed by atoms with van der Waals surface area (Å²) in [4.78, 5) is 32.2. The lowest BCUT2D eigenvalue weighted by molar-refractivity contribution is 0.0940. The summed E-state index contributed by atoms with van der Waals surface area (Å²) in [5.41, 5.74) is 9.50. The Bertz CT molecular complexity index is 2040. The number of nitrogens with zero attached hydrogens (tertiary/aromatic N) is 6. The second kappa shape index (κ2) is 13.3. The van der Waals surface area contributed by atoms with Crippen molar-refractivity contribution in [1.82, 2.24) is 29.4 Å². The SMILES string of the molecule is C=C/C=N\c1c(C(=O)NC(C)c2cc3cccc(C#Cc4cnn(C)c4CCOC)c3c(=O)n2-c2ccccc2)c(N)nn1C. The number of para-hydroxylation sites is 1. The van der Waals surface area contributed by atoms with Crippen LogP contribution >= 0.6 is 0 Å². The third kappa shape index (κ3) is 6.18. The van der Waals surface area contributed by atoms with Crippen LogP contribution in [0.3, 0.4) is 0 Å². The molecule has 5 rings (SSSR count). The summed E-state index contributed by atoms with van der Waals surface area (Å²) in [6.45, 7) is 5.99. The number of nitrogens with one attached hydrogen (secondary N) is 1. The summed E-state index contributed by atoms with van der Waals surface area (Å²) in [5.74, 6) is 6.29. The molecule has 11 heteroatoms. The van der Waals surface area contributed by atoms with Gasteiger partial charge in [0.2, 0.25) is 0 Å². The molecule has 1 amide bonds. The third-order valence-electron chi connectivity index (χ3n) is 7.39. The molecule has 3 heterocycles. The van der Waals surface area contributed by atoms with E-state index < -0.39 is 11.9 Å². The van der Waals surface area contributed by atoms with Crippen LogP contribution in [0.1, 0.15) is 45.8 Å². The van der Waals surface area contributed by atoms with Gasteiger partial charge in [0.15, 0.2) is 11.6 Å². The quantitative estimate of drug-likeness (QED) is 0.193. The Morgan fingerprint density at radius 3 is 2.62 bits per heavy atom. The van der Waals surface area contributed by atoms with Crippen LogP contribution in [0, 0.1) is 11.8 Å². The fraction of sp³-hybridized carbons (Fsp3) is 0.206. The monoisotopic (exact) mass is 602 g/mol. The fourth-order valence-electron chi connectivity index (χ4n) is 5.21. The van der Waals surface area contributed by atoms with Crippen molar-refractivity contribution in [3.05, 3.63) is 112 Å². The number of benzene rings is 2. The number of aromatic nitrogens is 5. The van der Waals surface area contributed by atoms with Gasteiger partial charge in [-0.1, -0.05) is 54.8 Å². The maximum Gasteiger partial charge on any atom is 0.264 e. The summed E-state index contributed by atoms with van der Waals surface area (Å²) in [6.07, 6.45) is 5.34. The van der Waals surface area contributed by atoms with Crippen LogP contribution in [-0.2, 0) is 25.3 Å². The van der Waals surface area contributed by atoms with Gasteiger partial charge in [-0.15, -0.1) is 0 Å². The van der Waals surface area contributed by atoms with Crippen molar-refractivity contribution in [3.8, 4) is 17.5 Å². The number of hydrogen-bond donors (Lipinski definition) is 2. The lowest BCUT2D eigenvalue weighted by atomic mass is 10.0. The summed E-state index contributed by atoms with van der Waals surface area (Å²) < 4.78 is 10.1. The van der Waals surface area contributed by atoms with Crippen molar-refractivity contribution in [2.24, 2.45) is 19.1 Å². The molecular formula is C34H34N8O3. The van der Waals surface area contributed by atoms with Gasteiger partial charge in [0.1, 0.15) is 5.56 Å². The number of anilines is 1. The van der Waals surface area contributed by atoms with Gasteiger partial charge in [-0.05, 0) is 36.6 Å². The Labute approximate surface area is 260 Å². The zero-order valence-corrected chi connectivity index (χ0v) is 25.6. The largest absolute Gasteiger partial charge is 0.384 e. The smallest absolute Gasteiger partial charge is 0.264 e. The van der Waals surface area contributed by atoms with Crippen LogP contribution in [0.4, 0.5) is 11.6 Å². The molecule has 0 radical (unpaired) electrons. The highest BCUT2D eigenvalue weighted by Crippen LogP contribution is 2.27. The minimum atomic E-state index is -0.612. The number of methoxy groups -OCH3 is 1. The molecule has 0 aliphatic rings. The normalized spacial score (nSPS) is 11.8. The van der Waals surface area contributed by atoms with E-state index in [1.807, 2.05) is 68.6 Å². The van der Waals surface area contributed by atoms with Crippen molar-refractivity contribution in [2.75, 3.05) is 19.5 Å². The van der Waals surface area contributed by atoms with Crippen LogP contribution in [-0.4, -0.2) is 50.0 Å². The molecule has 1 atom stereocenters. The van der Waals surface area contributed by atoms with E-state index in [9.17, 15) is 9.59 Å². The standard InChI is InChI=1S/C34H34N8O3/c1-6-18-36-32-30(31(35)39-41(32)4)33(43)38-22(2)28-20-24-12-10-11-23(15-16-25-21-37-40(3)27(25)17-19-45-5)29(24)34(44)42(28)26-13-8-7-9-14-26/h6-14,18,20-22H,1,17,19H2,2-5H3,(H2,35,39)(H,38,43)/b36-18-. The topological polar surface area (TPSA) is 134 Å². The average Bonchev–Trinajstić information content (AvgIpc) is 3.53. The minimum Gasteiger partial charge on any atom is -0.384 e. The first-order valence-electron chi connectivity index (χ1n) is 14.3. The Morgan fingerprint density at radius 1 is 1.13 bits per heavy atom. The predicted molar refractivity (Wildman–Crippen MR) is 176 cm³/mol. The maximum absolute atomic E-state index is 14.4. The number of pyridine rings is 1. The first kappa shape index (κ1) is 30.7. The number of amides is 1. The zero-order chi connectivity index (χ0) is 32.1. The molecule has 0 aliphatic heterocycles. The highest BCUT2D eigenvalue weighted by molar-refractivity contribution is 6.03. The molecule has 45 heavy (non-hydrogen) atoms. The second-order valence-corrected chi connectivity index (χ2v) is 10.4. The van der Waals surface area contributed by atoms with Crippen molar-refractivity contribution in [3.63, 3.8) is 0 Å². The number of aryl methyl sites for hydroxylation is 2. The highest BCUT2D eigenvalue weighted by atomic mass is 16.5. The Balaban J connectivity index is 1.62. The molecule has 228 valence electrons. The van der Waals surface area contributed by atoms with E-state index >= 15 is 0 Å². The van der Waals surface area contributed by atoms with Crippen molar-refractivity contribution in [2.45, 2.75) is 19.4 Å². The Morgan fingerprint density at radius 2 is 1.89 bits per heavy atom. The van der Waals surface area contributed by atoms with Crippen molar-refractivity contribution >= 4 is 34.5 Å². The maximum atomic E-state index is 14.4. The predicted octanol–water partition coefficient (Wildman–Crippen LogP) is 4.01. The molecule has 11 nitrogen and oxygen atoms in total. The summed E-state index contributed by atoms with van der Waals surface area (Å²) in [5, 5.41) is 12.7. The fourth-order valence-corrected chi connectivity index (χ4v) is 5.21. The lowest BCUT2D eigenvalue weighted by Gasteiger charge is -2.21. The van der Waals surface area contributed by atoms with E-state index in [0.29, 0.717) is 46.6 Å². The van der Waals surface area contributed by atoms with Gasteiger partial charge in [-0.3, -0.25) is 18.8 Å². The third-order valence-corrected chi connectivity index (χ3v) is 7.39. The number of ether oxygens (including phenoxy) is 1. The van der Waals surface area contributed by atoms with Crippen LogP contribution in [0.5, 0.6) is 0 Å². The number of nitrogens with two attached hydrogens (primary N) is 1. The van der Waals surface area contributed by atoms with Gasteiger partial charge in [-0.2, -0.15) is 10.2 Å². The van der Waals surface area contributed by atoms with Crippen molar-refractivity contribution < 1.29 is 9.53 Å². The molecule has 0 saturated carbocycles.